The maximum atomic E-state index is 13.6. The van der Waals surface area contributed by atoms with Crippen LogP contribution in [0, 0.1) is 0 Å². The van der Waals surface area contributed by atoms with E-state index in [1.807, 2.05) is 0 Å². The smallest absolute Gasteiger partial charge is 0.379 e. The summed E-state index contributed by atoms with van der Waals surface area (Å²) >= 11 is 0. The Bertz CT molecular complexity index is 523. The third-order valence-electron chi connectivity index (χ3n) is 4.75. The van der Waals surface area contributed by atoms with Gasteiger partial charge < -0.3 is 4.74 Å². The van der Waals surface area contributed by atoms with E-state index in [1.54, 1.807) is 0 Å². The van der Waals surface area contributed by atoms with Crippen molar-refractivity contribution in [2.24, 2.45) is 0 Å². The molecule has 0 N–H and O–H groups in total. The summed E-state index contributed by atoms with van der Waals surface area (Å²) in [5.74, 6) is -35.4. The highest BCUT2D eigenvalue weighted by Gasteiger charge is 3.00. The number of alkyl halides is 14. The van der Waals surface area contributed by atoms with E-state index in [0.29, 0.717) is 0 Å². The number of halogens is 14. The van der Waals surface area contributed by atoms with Gasteiger partial charge in [0.25, 0.3) is 11.3 Å². The van der Waals surface area contributed by atoms with Gasteiger partial charge in [-0.1, -0.05) is 0 Å². The normalized spacial score (nSPS) is 32.2. The van der Waals surface area contributed by atoms with Crippen LogP contribution < -0.4 is 0 Å². The summed E-state index contributed by atoms with van der Waals surface area (Å²) in [6.45, 7) is -3.25. The Morgan fingerprint density at radius 2 is 0.593 bits per heavy atom. The highest BCUT2D eigenvalue weighted by molar-refractivity contribution is 5.28. The van der Waals surface area contributed by atoms with Crippen LogP contribution in [-0.4, -0.2) is 60.1 Å². The van der Waals surface area contributed by atoms with Crippen molar-refractivity contribution in [3.8, 4) is 0 Å². The van der Waals surface area contributed by atoms with Crippen molar-refractivity contribution >= 4 is 0 Å². The number of rotatable bonds is 6. The molecule has 0 bridgehead atoms. The van der Waals surface area contributed by atoms with Gasteiger partial charge in [-0.05, 0) is 0 Å². The van der Waals surface area contributed by atoms with Crippen LogP contribution in [0.2, 0.25) is 0 Å². The van der Waals surface area contributed by atoms with Crippen molar-refractivity contribution in [1.82, 2.24) is 0 Å². The first-order valence-corrected chi connectivity index (χ1v) is 6.93. The highest BCUT2D eigenvalue weighted by atomic mass is 19.4. The van der Waals surface area contributed by atoms with Gasteiger partial charge in [-0.3, -0.25) is 0 Å². The molecular formula is C12H8F14O. The van der Waals surface area contributed by atoms with Crippen LogP contribution >= 0.6 is 0 Å². The van der Waals surface area contributed by atoms with Gasteiger partial charge >= 0.3 is 35.5 Å². The van der Waals surface area contributed by atoms with E-state index >= 15 is 0 Å². The van der Waals surface area contributed by atoms with Crippen LogP contribution in [0.5, 0.6) is 0 Å². The zero-order valence-corrected chi connectivity index (χ0v) is 12.5. The molecule has 2 aliphatic carbocycles. The van der Waals surface area contributed by atoms with Crippen molar-refractivity contribution < 1.29 is 66.2 Å². The second-order valence-electron chi connectivity index (χ2n) is 6.16. The molecule has 27 heavy (non-hydrogen) atoms. The molecule has 160 valence electrons. The molecule has 2 aliphatic rings. The Kier molecular flexibility index (Phi) is 4.39. The van der Waals surface area contributed by atoms with Gasteiger partial charge in [-0.2, -0.15) is 52.7 Å². The van der Waals surface area contributed by atoms with E-state index in [9.17, 15) is 61.5 Å². The second-order valence-corrected chi connectivity index (χ2v) is 6.16. The quantitative estimate of drug-likeness (QED) is 0.421. The molecule has 0 heterocycles. The molecule has 0 aliphatic heterocycles. The van der Waals surface area contributed by atoms with Crippen molar-refractivity contribution in [2.75, 3.05) is 13.2 Å². The predicted molar refractivity (Wildman–Crippen MR) is 57.4 cm³/mol. The SMILES string of the molecule is FC1(F)C(F)(F)C(F)(CCOCCC2(F)C(F)(F)C(F)(F)C2(F)F)C1(F)F. The molecular weight excluding hydrogens is 426 g/mol. The van der Waals surface area contributed by atoms with E-state index in [-0.39, 0.29) is 0 Å². The fourth-order valence-electron chi connectivity index (χ4n) is 2.81. The third-order valence-corrected chi connectivity index (χ3v) is 4.75. The van der Waals surface area contributed by atoms with Gasteiger partial charge in [0.05, 0.1) is 13.2 Å². The van der Waals surface area contributed by atoms with E-state index in [1.165, 1.54) is 0 Å². The molecule has 2 fully saturated rings. The fourth-order valence-corrected chi connectivity index (χ4v) is 2.81. The van der Waals surface area contributed by atoms with Gasteiger partial charge in [-0.15, -0.1) is 0 Å². The summed E-state index contributed by atoms with van der Waals surface area (Å²) in [6, 6.07) is 0. The summed E-state index contributed by atoms with van der Waals surface area (Å²) < 4.78 is 185. The van der Waals surface area contributed by atoms with Gasteiger partial charge in [0.2, 0.25) is 0 Å². The molecule has 1 nitrogen and oxygen atoms in total. The average molecular weight is 434 g/mol. The van der Waals surface area contributed by atoms with Gasteiger partial charge in [0.1, 0.15) is 0 Å². The molecule has 0 unspecified atom stereocenters. The summed E-state index contributed by atoms with van der Waals surface area (Å²) in [6.07, 6.45) is -4.27. The number of ether oxygens (including phenoxy) is 1. The summed E-state index contributed by atoms with van der Waals surface area (Å²) in [7, 11) is 0. The molecule has 0 aromatic heterocycles. The Labute approximate surface area is 140 Å². The molecule has 15 heteroatoms. The van der Waals surface area contributed by atoms with Gasteiger partial charge in [0.15, 0.2) is 0 Å². The standard InChI is InChI=1S/C12H8F14O/c13-5(7(15,16)11(23,24)8(5,17)18)1-3-27-4-2-6(14)9(19,20)12(25,26)10(6,21)22/h1-4H2. The molecule has 0 atom stereocenters. The maximum absolute atomic E-state index is 13.6. The Morgan fingerprint density at radius 1 is 0.370 bits per heavy atom. The van der Waals surface area contributed by atoms with Gasteiger partial charge in [-0.25, -0.2) is 8.78 Å². The summed E-state index contributed by atoms with van der Waals surface area (Å²) in [5, 5.41) is 0. The monoisotopic (exact) mass is 434 g/mol. The summed E-state index contributed by atoms with van der Waals surface area (Å²) in [5.41, 5.74) is -10.2. The van der Waals surface area contributed by atoms with Crippen LogP contribution in [0.3, 0.4) is 0 Å². The molecule has 2 rings (SSSR count). The molecule has 0 amide bonds. The first kappa shape index (κ1) is 22.3. The third kappa shape index (κ3) is 2.01. The minimum Gasteiger partial charge on any atom is -0.381 e. The van der Waals surface area contributed by atoms with Crippen LogP contribution in [0.4, 0.5) is 61.5 Å². The highest BCUT2D eigenvalue weighted by Crippen LogP contribution is 2.71. The first-order chi connectivity index (χ1) is 11.7. The molecule has 0 aromatic carbocycles. The minimum absolute atomic E-state index is 1.62. The topological polar surface area (TPSA) is 9.23 Å². The van der Waals surface area contributed by atoms with Gasteiger partial charge in [0, 0.05) is 12.8 Å². The molecule has 0 spiro atoms. The average Bonchev–Trinajstić information content (AvgIpc) is 2.51. The zero-order chi connectivity index (χ0) is 21.5. The lowest BCUT2D eigenvalue weighted by Gasteiger charge is -2.54. The Morgan fingerprint density at radius 3 is 0.815 bits per heavy atom. The van der Waals surface area contributed by atoms with Crippen LogP contribution in [-0.2, 0) is 4.74 Å². The second kappa shape index (κ2) is 5.32. The van der Waals surface area contributed by atoms with Crippen LogP contribution in [0.25, 0.3) is 0 Å². The molecule has 0 aromatic rings. The lowest BCUT2D eigenvalue weighted by Crippen LogP contribution is -2.84. The van der Waals surface area contributed by atoms with E-state index in [2.05, 4.69) is 4.74 Å². The Hall–Kier alpha value is -1.02. The zero-order valence-electron chi connectivity index (χ0n) is 12.5. The van der Waals surface area contributed by atoms with E-state index < -0.39 is 72.9 Å². The molecule has 0 radical (unpaired) electrons. The number of hydrogen-bond donors (Lipinski definition) is 0. The van der Waals surface area contributed by atoms with E-state index in [4.69, 9.17) is 0 Å². The minimum atomic E-state index is -6.03. The fraction of sp³-hybridized carbons (Fsp3) is 1.00. The van der Waals surface area contributed by atoms with Crippen LogP contribution in [0.1, 0.15) is 12.8 Å². The van der Waals surface area contributed by atoms with E-state index in [0.717, 1.165) is 0 Å². The summed E-state index contributed by atoms with van der Waals surface area (Å²) in [4.78, 5) is 0. The first-order valence-electron chi connectivity index (χ1n) is 6.93. The molecule has 2 saturated carbocycles. The van der Waals surface area contributed by atoms with Crippen molar-refractivity contribution in [2.45, 2.75) is 59.7 Å². The lowest BCUT2D eigenvalue weighted by atomic mass is 9.67. The van der Waals surface area contributed by atoms with Crippen molar-refractivity contribution in [1.29, 1.82) is 0 Å². The maximum Gasteiger partial charge on any atom is 0.379 e. The molecule has 0 saturated heterocycles. The predicted octanol–water partition coefficient (Wildman–Crippen LogP) is 5.04. The largest absolute Gasteiger partial charge is 0.381 e. The van der Waals surface area contributed by atoms with Crippen LogP contribution in [0.15, 0.2) is 0 Å². The lowest BCUT2D eigenvalue weighted by molar-refractivity contribution is -0.476. The number of hydrogen-bond acceptors (Lipinski definition) is 1. The van der Waals surface area contributed by atoms with Crippen molar-refractivity contribution in [3.63, 3.8) is 0 Å². The Balaban J connectivity index is 1.94. The van der Waals surface area contributed by atoms with Crippen molar-refractivity contribution in [3.05, 3.63) is 0 Å².